The standard InChI is InChI=1S/C26H35N3O2.C4H6O.C2H6/c1-21(2)31-24-12-10-23(11-13-24)19-29-20-26(27-25(29)30)14-17-28(18-15-26)16-6-9-22-7-4-3-5-8-22;5-3-4-1-2-4;1-2/h3-5,7-8,10-13,21H,6,9,14-20H2,1-2H3,(H,27,30);3-4H,1-2H2;1-2H3. The molecule has 0 aromatic heterocycles. The summed E-state index contributed by atoms with van der Waals surface area (Å²) in [6.45, 7) is 12.7. The van der Waals surface area contributed by atoms with Gasteiger partial charge in [-0.2, -0.15) is 0 Å². The predicted octanol–water partition coefficient (Wildman–Crippen LogP) is 6.09. The molecule has 1 aliphatic carbocycles. The number of amides is 2. The molecule has 3 fully saturated rings. The van der Waals surface area contributed by atoms with Gasteiger partial charge in [0.2, 0.25) is 0 Å². The Morgan fingerprint density at radius 3 is 2.21 bits per heavy atom. The van der Waals surface area contributed by atoms with Gasteiger partial charge in [-0.15, -0.1) is 0 Å². The number of likely N-dealkylation sites (tertiary alicyclic amines) is 1. The lowest BCUT2D eigenvalue weighted by Crippen LogP contribution is -2.52. The Labute approximate surface area is 229 Å². The van der Waals surface area contributed by atoms with E-state index in [0.717, 1.165) is 75.9 Å². The van der Waals surface area contributed by atoms with Crippen LogP contribution in [0.25, 0.3) is 0 Å². The summed E-state index contributed by atoms with van der Waals surface area (Å²) in [4.78, 5) is 26.7. The lowest BCUT2D eigenvalue weighted by molar-refractivity contribution is -0.108. The predicted molar refractivity (Wildman–Crippen MR) is 154 cm³/mol. The number of aldehydes is 1. The number of hydrogen-bond acceptors (Lipinski definition) is 4. The number of carbonyl (C=O) groups excluding carboxylic acids is 2. The van der Waals surface area contributed by atoms with Crippen molar-refractivity contribution < 1.29 is 14.3 Å². The first kappa shape index (κ1) is 29.7. The Morgan fingerprint density at radius 2 is 1.66 bits per heavy atom. The average molecular weight is 522 g/mol. The van der Waals surface area contributed by atoms with E-state index in [0.29, 0.717) is 12.5 Å². The number of rotatable bonds is 9. The summed E-state index contributed by atoms with van der Waals surface area (Å²) in [5, 5.41) is 3.32. The highest BCUT2D eigenvalue weighted by Crippen LogP contribution is 2.29. The van der Waals surface area contributed by atoms with Crippen LogP contribution in [0.3, 0.4) is 0 Å². The number of benzene rings is 2. The van der Waals surface area contributed by atoms with E-state index in [9.17, 15) is 9.59 Å². The third-order valence-corrected chi connectivity index (χ3v) is 7.23. The molecule has 2 aliphatic heterocycles. The fraction of sp³-hybridized carbons (Fsp3) is 0.562. The lowest BCUT2D eigenvalue weighted by Gasteiger charge is -2.38. The van der Waals surface area contributed by atoms with Crippen LogP contribution in [0.5, 0.6) is 5.75 Å². The first-order chi connectivity index (χ1) is 18.4. The normalized spacial score (nSPS) is 18.2. The summed E-state index contributed by atoms with van der Waals surface area (Å²) in [5.41, 5.74) is 2.49. The van der Waals surface area contributed by atoms with Crippen LogP contribution in [0.2, 0.25) is 0 Å². The van der Waals surface area contributed by atoms with Crippen LogP contribution >= 0.6 is 0 Å². The number of piperidine rings is 1. The van der Waals surface area contributed by atoms with E-state index in [1.165, 1.54) is 12.0 Å². The van der Waals surface area contributed by atoms with E-state index in [1.807, 2.05) is 44.7 Å². The van der Waals surface area contributed by atoms with Gasteiger partial charge in [-0.05, 0) is 82.2 Å². The van der Waals surface area contributed by atoms with Gasteiger partial charge in [0.25, 0.3) is 0 Å². The third kappa shape index (κ3) is 9.46. The number of urea groups is 1. The number of nitrogens with one attached hydrogen (secondary N) is 1. The summed E-state index contributed by atoms with van der Waals surface area (Å²) in [6.07, 6.45) is 7.86. The molecule has 6 nitrogen and oxygen atoms in total. The number of hydrogen-bond donors (Lipinski definition) is 1. The van der Waals surface area contributed by atoms with Gasteiger partial charge in [0.05, 0.1) is 11.6 Å². The number of carbonyl (C=O) groups is 2. The van der Waals surface area contributed by atoms with E-state index in [2.05, 4.69) is 52.7 Å². The van der Waals surface area contributed by atoms with Crippen LogP contribution in [-0.4, -0.2) is 59.9 Å². The molecule has 1 spiro atoms. The van der Waals surface area contributed by atoms with Crippen molar-refractivity contribution in [2.24, 2.45) is 5.92 Å². The van der Waals surface area contributed by atoms with Crippen LogP contribution in [0, 0.1) is 5.92 Å². The summed E-state index contributed by atoms with van der Waals surface area (Å²) in [6, 6.07) is 18.9. The Bertz CT molecular complexity index is 965. The second-order valence-electron chi connectivity index (χ2n) is 10.8. The molecule has 208 valence electrons. The molecule has 2 amide bonds. The highest BCUT2D eigenvalue weighted by atomic mass is 16.5. The van der Waals surface area contributed by atoms with Crippen molar-refractivity contribution in [3.8, 4) is 5.75 Å². The summed E-state index contributed by atoms with van der Waals surface area (Å²) in [5.74, 6) is 1.33. The molecule has 3 aliphatic rings. The van der Waals surface area contributed by atoms with Gasteiger partial charge < -0.3 is 24.6 Å². The molecule has 0 bridgehead atoms. The minimum Gasteiger partial charge on any atom is -0.491 e. The van der Waals surface area contributed by atoms with Crippen molar-refractivity contribution in [2.75, 3.05) is 26.2 Å². The average Bonchev–Trinajstić information content (AvgIpc) is 3.73. The van der Waals surface area contributed by atoms with Gasteiger partial charge >= 0.3 is 6.03 Å². The molecule has 38 heavy (non-hydrogen) atoms. The molecule has 2 heterocycles. The van der Waals surface area contributed by atoms with Crippen molar-refractivity contribution in [2.45, 2.75) is 84.4 Å². The minimum absolute atomic E-state index is 0.0618. The fourth-order valence-corrected chi connectivity index (χ4v) is 4.95. The van der Waals surface area contributed by atoms with Gasteiger partial charge in [0, 0.05) is 32.1 Å². The molecule has 5 rings (SSSR count). The number of ether oxygens (including phenoxy) is 1. The molecule has 0 atom stereocenters. The van der Waals surface area contributed by atoms with Crippen molar-refractivity contribution >= 4 is 12.3 Å². The molecule has 6 heteroatoms. The maximum atomic E-state index is 12.7. The number of nitrogens with zero attached hydrogens (tertiary/aromatic N) is 2. The smallest absolute Gasteiger partial charge is 0.318 e. The van der Waals surface area contributed by atoms with Crippen molar-refractivity contribution in [1.29, 1.82) is 0 Å². The second-order valence-corrected chi connectivity index (χ2v) is 10.8. The fourth-order valence-electron chi connectivity index (χ4n) is 4.95. The van der Waals surface area contributed by atoms with Gasteiger partial charge in [0.1, 0.15) is 12.0 Å². The summed E-state index contributed by atoms with van der Waals surface area (Å²) in [7, 11) is 0. The van der Waals surface area contributed by atoms with E-state index in [1.54, 1.807) is 0 Å². The van der Waals surface area contributed by atoms with Crippen molar-refractivity contribution in [3.63, 3.8) is 0 Å². The molecule has 2 aromatic rings. The van der Waals surface area contributed by atoms with E-state index >= 15 is 0 Å². The van der Waals surface area contributed by atoms with Crippen LogP contribution in [0.15, 0.2) is 54.6 Å². The van der Waals surface area contributed by atoms with E-state index in [4.69, 9.17) is 4.74 Å². The second kappa shape index (κ2) is 14.9. The molecule has 2 aromatic carbocycles. The highest BCUT2D eigenvalue weighted by Gasteiger charge is 2.44. The summed E-state index contributed by atoms with van der Waals surface area (Å²) >= 11 is 0. The minimum atomic E-state index is -0.0618. The van der Waals surface area contributed by atoms with Crippen molar-refractivity contribution in [1.82, 2.24) is 15.1 Å². The molecule has 0 unspecified atom stereocenters. The Hall–Kier alpha value is -2.86. The molecular weight excluding hydrogens is 474 g/mol. The van der Waals surface area contributed by atoms with E-state index < -0.39 is 0 Å². The highest BCUT2D eigenvalue weighted by molar-refractivity contribution is 5.78. The van der Waals surface area contributed by atoms with Gasteiger partial charge in [-0.1, -0.05) is 56.3 Å². The van der Waals surface area contributed by atoms with Crippen LogP contribution < -0.4 is 10.1 Å². The summed E-state index contributed by atoms with van der Waals surface area (Å²) < 4.78 is 5.72. The molecular formula is C32H47N3O3. The molecule has 1 N–H and O–H groups in total. The Morgan fingerprint density at radius 1 is 1.00 bits per heavy atom. The van der Waals surface area contributed by atoms with E-state index in [-0.39, 0.29) is 17.7 Å². The van der Waals surface area contributed by atoms with Gasteiger partial charge in [-0.3, -0.25) is 0 Å². The zero-order valence-electron chi connectivity index (χ0n) is 23.8. The molecule has 2 saturated heterocycles. The van der Waals surface area contributed by atoms with Crippen LogP contribution in [0.1, 0.15) is 70.9 Å². The maximum Gasteiger partial charge on any atom is 0.318 e. The Balaban J connectivity index is 0.000000504. The molecule has 0 radical (unpaired) electrons. The molecule has 1 saturated carbocycles. The monoisotopic (exact) mass is 521 g/mol. The first-order valence-electron chi connectivity index (χ1n) is 14.5. The van der Waals surface area contributed by atoms with Gasteiger partial charge in [0.15, 0.2) is 0 Å². The zero-order valence-corrected chi connectivity index (χ0v) is 23.8. The number of aryl methyl sites for hydroxylation is 1. The largest absolute Gasteiger partial charge is 0.491 e. The van der Waals surface area contributed by atoms with Crippen LogP contribution in [-0.2, 0) is 17.8 Å². The lowest BCUT2D eigenvalue weighted by atomic mass is 9.88. The zero-order chi connectivity index (χ0) is 27.4. The van der Waals surface area contributed by atoms with Gasteiger partial charge in [-0.25, -0.2) is 4.79 Å². The quantitative estimate of drug-likeness (QED) is 0.406. The topological polar surface area (TPSA) is 61.9 Å². The maximum absolute atomic E-state index is 12.7. The third-order valence-electron chi connectivity index (χ3n) is 7.23. The van der Waals surface area contributed by atoms with Crippen LogP contribution in [0.4, 0.5) is 4.79 Å². The SMILES string of the molecule is CC.CC(C)Oc1ccc(CN2CC3(CCN(CCCc4ccccc4)CC3)NC2=O)cc1.O=CC1CC1. The first-order valence-corrected chi connectivity index (χ1v) is 14.5. The Kier molecular flexibility index (Phi) is 11.7. The van der Waals surface area contributed by atoms with Crippen molar-refractivity contribution in [3.05, 3.63) is 65.7 Å².